The summed E-state index contributed by atoms with van der Waals surface area (Å²) in [4.78, 5) is 0. The molecule has 3 atom stereocenters. The molecule has 1 saturated carbocycles. The lowest BCUT2D eigenvalue weighted by atomic mass is 9.88. The molecule has 0 aromatic rings. The van der Waals surface area contributed by atoms with Gasteiger partial charge in [0.1, 0.15) is 0 Å². The monoisotopic (exact) mass is 338 g/mol. The van der Waals surface area contributed by atoms with Crippen molar-refractivity contribution in [2.75, 3.05) is 14.2 Å². The van der Waals surface area contributed by atoms with Crippen molar-refractivity contribution in [1.29, 1.82) is 0 Å². The van der Waals surface area contributed by atoms with Gasteiger partial charge in [-0.3, -0.25) is 0 Å². The Bertz CT molecular complexity index is 352. The van der Waals surface area contributed by atoms with Crippen LogP contribution in [-0.4, -0.2) is 22.8 Å². The van der Waals surface area contributed by atoms with Gasteiger partial charge in [0, 0.05) is 14.2 Å². The Kier molecular flexibility index (Phi) is 8.35. The van der Waals surface area contributed by atoms with Crippen LogP contribution in [0.4, 0.5) is 0 Å². The van der Waals surface area contributed by atoms with Crippen LogP contribution in [0.25, 0.3) is 0 Å². The van der Waals surface area contributed by atoms with Gasteiger partial charge in [-0.2, -0.15) is 0 Å². The maximum atomic E-state index is 5.53. The number of allylic oxidation sites excluding steroid dienone is 2. The third-order valence-electron chi connectivity index (χ3n) is 6.24. The summed E-state index contributed by atoms with van der Waals surface area (Å²) in [6, 6.07) is 1.14. The zero-order chi connectivity index (χ0) is 16.5. The molecule has 0 heterocycles. The summed E-state index contributed by atoms with van der Waals surface area (Å²) in [6.07, 6.45) is 20.6. The van der Waals surface area contributed by atoms with E-state index in [1.807, 2.05) is 0 Å². The normalized spacial score (nSPS) is 26.3. The second-order valence-electron chi connectivity index (χ2n) is 7.95. The largest absolute Gasteiger partial charge is 0.398 e. The number of hydrogen-bond donors (Lipinski definition) is 0. The van der Waals surface area contributed by atoms with E-state index >= 15 is 0 Å². The zero-order valence-electron chi connectivity index (χ0n) is 15.7. The summed E-state index contributed by atoms with van der Waals surface area (Å²) >= 11 is 0. The van der Waals surface area contributed by atoms with Crippen molar-refractivity contribution >= 4 is 8.56 Å². The first-order valence-corrected chi connectivity index (χ1v) is 12.5. The van der Waals surface area contributed by atoms with E-state index in [2.05, 4.69) is 18.7 Å². The molecule has 2 bridgehead atoms. The first-order valence-electron chi connectivity index (χ1n) is 9.95. The summed E-state index contributed by atoms with van der Waals surface area (Å²) in [7, 11) is 1.78. The average Bonchev–Trinajstić information content (AvgIpc) is 3.19. The number of rotatable bonds is 13. The molecule has 2 aliphatic carbocycles. The molecule has 0 radical (unpaired) electrons. The molecule has 0 aromatic heterocycles. The van der Waals surface area contributed by atoms with Crippen LogP contribution in [0.3, 0.4) is 0 Å². The molecule has 0 aliphatic heterocycles. The van der Waals surface area contributed by atoms with Crippen LogP contribution in [0.1, 0.15) is 70.6 Å². The van der Waals surface area contributed by atoms with Crippen molar-refractivity contribution < 1.29 is 8.85 Å². The minimum absolute atomic E-state index is 0.950. The second kappa shape index (κ2) is 10.0. The molecule has 0 amide bonds. The van der Waals surface area contributed by atoms with E-state index in [1.54, 1.807) is 14.2 Å². The van der Waals surface area contributed by atoms with Crippen LogP contribution >= 0.6 is 0 Å². The van der Waals surface area contributed by atoms with E-state index in [0.717, 1.165) is 23.8 Å². The second-order valence-corrected chi connectivity index (χ2v) is 11.5. The lowest BCUT2D eigenvalue weighted by Gasteiger charge is -2.22. The molecule has 0 N–H and O–H groups in total. The van der Waals surface area contributed by atoms with Crippen molar-refractivity contribution in [3.8, 4) is 0 Å². The fourth-order valence-electron chi connectivity index (χ4n) is 4.43. The van der Waals surface area contributed by atoms with Gasteiger partial charge in [-0.15, -0.1) is 0 Å². The Morgan fingerprint density at radius 1 is 0.826 bits per heavy atom. The van der Waals surface area contributed by atoms with E-state index in [-0.39, 0.29) is 0 Å². The van der Waals surface area contributed by atoms with Crippen molar-refractivity contribution in [2.24, 2.45) is 17.8 Å². The van der Waals surface area contributed by atoms with Gasteiger partial charge in [-0.1, -0.05) is 63.5 Å². The van der Waals surface area contributed by atoms with Crippen molar-refractivity contribution in [2.45, 2.75) is 83.2 Å². The van der Waals surface area contributed by atoms with E-state index < -0.39 is 8.56 Å². The van der Waals surface area contributed by atoms with Gasteiger partial charge in [-0.05, 0) is 49.6 Å². The SMILES string of the molecule is CO[Si](C)(CCCCCCCCCCC1CC2C=CC1C2)OC. The summed E-state index contributed by atoms with van der Waals surface area (Å²) in [6.45, 7) is 2.17. The highest BCUT2D eigenvalue weighted by atomic mass is 28.4. The zero-order valence-corrected chi connectivity index (χ0v) is 16.7. The van der Waals surface area contributed by atoms with E-state index in [9.17, 15) is 0 Å². The van der Waals surface area contributed by atoms with E-state index in [0.29, 0.717) is 0 Å². The highest BCUT2D eigenvalue weighted by molar-refractivity contribution is 6.65. The fraction of sp³-hybridized carbons (Fsp3) is 0.900. The van der Waals surface area contributed by atoms with Crippen LogP contribution in [-0.2, 0) is 8.85 Å². The van der Waals surface area contributed by atoms with Crippen LogP contribution in [0.15, 0.2) is 12.2 Å². The molecule has 134 valence electrons. The average molecular weight is 339 g/mol. The van der Waals surface area contributed by atoms with Crippen LogP contribution in [0.5, 0.6) is 0 Å². The predicted molar refractivity (Wildman–Crippen MR) is 101 cm³/mol. The topological polar surface area (TPSA) is 18.5 Å². The lowest BCUT2D eigenvalue weighted by molar-refractivity contribution is 0.248. The fourth-order valence-corrected chi connectivity index (χ4v) is 5.89. The molecule has 0 aromatic carbocycles. The van der Waals surface area contributed by atoms with E-state index in [4.69, 9.17) is 8.85 Å². The minimum Gasteiger partial charge on any atom is -0.398 e. The first kappa shape index (κ1) is 19.2. The van der Waals surface area contributed by atoms with Gasteiger partial charge in [0.25, 0.3) is 0 Å². The molecule has 3 unspecified atom stereocenters. The first-order chi connectivity index (χ1) is 11.2. The molecular weight excluding hydrogens is 300 g/mol. The molecule has 0 spiro atoms. The van der Waals surface area contributed by atoms with Crippen molar-refractivity contribution in [3.05, 3.63) is 12.2 Å². The minimum atomic E-state index is -1.81. The van der Waals surface area contributed by atoms with Gasteiger partial charge in [-0.25, -0.2) is 0 Å². The lowest BCUT2D eigenvalue weighted by Crippen LogP contribution is -2.35. The summed E-state index contributed by atoms with van der Waals surface area (Å²) < 4.78 is 11.1. The van der Waals surface area contributed by atoms with Gasteiger partial charge < -0.3 is 8.85 Å². The molecule has 1 fully saturated rings. The molecule has 2 nitrogen and oxygen atoms in total. The number of fused-ring (bicyclic) bond motifs is 2. The maximum absolute atomic E-state index is 5.53. The Morgan fingerprint density at radius 3 is 1.96 bits per heavy atom. The Morgan fingerprint density at radius 2 is 1.43 bits per heavy atom. The third-order valence-corrected chi connectivity index (χ3v) is 9.22. The summed E-state index contributed by atoms with van der Waals surface area (Å²) in [5.74, 6) is 2.93. The highest BCUT2D eigenvalue weighted by Gasteiger charge is 2.34. The molecule has 2 aliphatic rings. The van der Waals surface area contributed by atoms with Crippen LogP contribution < -0.4 is 0 Å². The smallest absolute Gasteiger partial charge is 0.334 e. The quantitative estimate of drug-likeness (QED) is 0.230. The van der Waals surface area contributed by atoms with Crippen molar-refractivity contribution in [1.82, 2.24) is 0 Å². The third kappa shape index (κ3) is 6.36. The predicted octanol–water partition coefficient (Wildman–Crippen LogP) is 6.07. The highest BCUT2D eigenvalue weighted by Crippen LogP contribution is 2.45. The molecule has 0 saturated heterocycles. The van der Waals surface area contributed by atoms with Gasteiger partial charge in [0.2, 0.25) is 0 Å². The van der Waals surface area contributed by atoms with E-state index in [1.165, 1.54) is 70.6 Å². The molecule has 23 heavy (non-hydrogen) atoms. The summed E-state index contributed by atoms with van der Waals surface area (Å²) in [5.41, 5.74) is 0. The number of hydrogen-bond acceptors (Lipinski definition) is 2. The van der Waals surface area contributed by atoms with Crippen LogP contribution in [0.2, 0.25) is 12.6 Å². The van der Waals surface area contributed by atoms with Gasteiger partial charge in [0.05, 0.1) is 0 Å². The van der Waals surface area contributed by atoms with Gasteiger partial charge >= 0.3 is 8.56 Å². The van der Waals surface area contributed by atoms with Crippen LogP contribution in [0, 0.1) is 17.8 Å². The van der Waals surface area contributed by atoms with Gasteiger partial charge in [0.15, 0.2) is 0 Å². The Labute approximate surface area is 145 Å². The standard InChI is InChI=1S/C20H38O2Si/c1-21-23(3,22-2)15-11-9-7-5-4-6-8-10-12-19-16-18-13-14-20(19)17-18/h13-14,18-20H,4-12,15-17H2,1-3H3. The number of unbranched alkanes of at least 4 members (excludes halogenated alkanes) is 7. The molecule has 3 heteroatoms. The summed E-state index contributed by atoms with van der Waals surface area (Å²) in [5, 5.41) is 0. The van der Waals surface area contributed by atoms with Crippen molar-refractivity contribution in [3.63, 3.8) is 0 Å². The molecular formula is C20H38O2Si. The Hall–Kier alpha value is -0.123. The Balaban J connectivity index is 1.35. The maximum Gasteiger partial charge on any atom is 0.334 e. The molecule has 2 rings (SSSR count).